The second-order valence-electron chi connectivity index (χ2n) is 7.48. The third-order valence-corrected chi connectivity index (χ3v) is 7.80. The molecule has 0 bridgehead atoms. The predicted molar refractivity (Wildman–Crippen MR) is 114 cm³/mol. The Bertz CT molecular complexity index is 979. The van der Waals surface area contributed by atoms with Gasteiger partial charge in [-0.1, -0.05) is 35.4 Å². The Morgan fingerprint density at radius 1 is 0.833 bits per heavy atom. The summed E-state index contributed by atoms with van der Waals surface area (Å²) < 4.78 is 61.6. The van der Waals surface area contributed by atoms with E-state index in [2.05, 4.69) is 14.8 Å². The van der Waals surface area contributed by atoms with Gasteiger partial charge in [0, 0.05) is 26.2 Å². The van der Waals surface area contributed by atoms with E-state index in [-0.39, 0.29) is 22.9 Å². The molecule has 1 fully saturated rings. The van der Waals surface area contributed by atoms with Gasteiger partial charge in [-0.05, 0) is 38.1 Å². The molecular weight excluding hydrogens is 426 g/mol. The van der Waals surface area contributed by atoms with Crippen LogP contribution in [0.2, 0.25) is 0 Å². The summed E-state index contributed by atoms with van der Waals surface area (Å²) in [6.45, 7) is 4.86. The Hall–Kier alpha value is -1.82. The van der Waals surface area contributed by atoms with Gasteiger partial charge >= 0.3 is 0 Å². The molecule has 0 aromatic heterocycles. The molecule has 30 heavy (non-hydrogen) atoms. The molecular formula is C20H27N3O5S2. The van der Waals surface area contributed by atoms with Crippen LogP contribution in [-0.2, 0) is 24.8 Å². The quantitative estimate of drug-likeness (QED) is 0.548. The highest BCUT2D eigenvalue weighted by atomic mass is 32.2. The Balaban J connectivity index is 1.73. The highest BCUT2D eigenvalue weighted by Gasteiger charge is 2.36. The molecule has 10 heteroatoms. The van der Waals surface area contributed by atoms with Crippen molar-refractivity contribution >= 4 is 20.0 Å². The van der Waals surface area contributed by atoms with Gasteiger partial charge in [0.2, 0.25) is 20.0 Å². The first-order valence-electron chi connectivity index (χ1n) is 9.59. The van der Waals surface area contributed by atoms with E-state index in [4.69, 9.17) is 4.74 Å². The zero-order valence-corrected chi connectivity index (χ0v) is 18.6. The van der Waals surface area contributed by atoms with Crippen molar-refractivity contribution in [1.82, 2.24) is 14.8 Å². The first kappa shape index (κ1) is 22.9. The summed E-state index contributed by atoms with van der Waals surface area (Å²) in [6.07, 6.45) is 0. The molecule has 0 atom stereocenters. The number of rotatable bonds is 8. The molecule has 8 nitrogen and oxygen atoms in total. The van der Waals surface area contributed by atoms with Gasteiger partial charge < -0.3 is 10.1 Å². The van der Waals surface area contributed by atoms with Crippen LogP contribution in [0.15, 0.2) is 58.3 Å². The monoisotopic (exact) mass is 453 g/mol. The maximum absolute atomic E-state index is 12.7. The summed E-state index contributed by atoms with van der Waals surface area (Å²) in [5, 5.41) is 3.15. The number of nitrogens with one attached hydrogen (secondary N) is 3. The molecule has 2 aromatic carbocycles. The molecule has 1 saturated heterocycles. The maximum Gasteiger partial charge on any atom is 0.240 e. The molecule has 0 saturated carbocycles. The number of morpholine rings is 1. The Kier molecular flexibility index (Phi) is 6.95. The van der Waals surface area contributed by atoms with E-state index < -0.39 is 25.6 Å². The van der Waals surface area contributed by atoms with Gasteiger partial charge in [0.15, 0.2) is 0 Å². The van der Waals surface area contributed by atoms with Crippen LogP contribution in [-0.4, -0.2) is 55.2 Å². The molecule has 0 radical (unpaired) electrons. The molecule has 3 rings (SSSR count). The van der Waals surface area contributed by atoms with E-state index >= 15 is 0 Å². The summed E-state index contributed by atoms with van der Waals surface area (Å²) in [5.74, 6) is 0. The van der Waals surface area contributed by atoms with Gasteiger partial charge in [0.05, 0.1) is 16.4 Å². The highest BCUT2D eigenvalue weighted by molar-refractivity contribution is 7.89. The summed E-state index contributed by atoms with van der Waals surface area (Å²) in [7, 11) is -7.52. The molecule has 3 N–H and O–H groups in total. The summed E-state index contributed by atoms with van der Waals surface area (Å²) in [6, 6.07) is 13.0. The van der Waals surface area contributed by atoms with E-state index in [1.165, 1.54) is 24.3 Å². The van der Waals surface area contributed by atoms with Crippen molar-refractivity contribution < 1.29 is 21.6 Å². The number of sulfonamides is 2. The average Bonchev–Trinajstić information content (AvgIpc) is 2.73. The Morgan fingerprint density at radius 3 is 1.63 bits per heavy atom. The van der Waals surface area contributed by atoms with Crippen LogP contribution >= 0.6 is 0 Å². The second kappa shape index (κ2) is 9.13. The maximum atomic E-state index is 12.7. The lowest BCUT2D eigenvalue weighted by Crippen LogP contribution is -2.61. The van der Waals surface area contributed by atoms with Gasteiger partial charge in [0.1, 0.15) is 5.60 Å². The van der Waals surface area contributed by atoms with E-state index in [0.29, 0.717) is 19.7 Å². The molecule has 0 unspecified atom stereocenters. The molecule has 0 spiro atoms. The molecule has 0 amide bonds. The van der Waals surface area contributed by atoms with Gasteiger partial charge in [-0.3, -0.25) is 0 Å². The van der Waals surface area contributed by atoms with Crippen molar-refractivity contribution in [2.75, 3.05) is 32.8 Å². The lowest BCUT2D eigenvalue weighted by Gasteiger charge is -2.37. The van der Waals surface area contributed by atoms with Crippen molar-refractivity contribution in [3.63, 3.8) is 0 Å². The zero-order valence-electron chi connectivity index (χ0n) is 17.0. The highest BCUT2D eigenvalue weighted by Crippen LogP contribution is 2.17. The average molecular weight is 454 g/mol. The number of hydrogen-bond acceptors (Lipinski definition) is 6. The normalized spacial score (nSPS) is 17.0. The number of aryl methyl sites for hydroxylation is 2. The second-order valence-corrected chi connectivity index (χ2v) is 11.0. The van der Waals surface area contributed by atoms with E-state index in [0.717, 1.165) is 11.1 Å². The third kappa shape index (κ3) is 5.65. The van der Waals surface area contributed by atoms with Crippen LogP contribution in [0.5, 0.6) is 0 Å². The van der Waals surface area contributed by atoms with Gasteiger partial charge in [-0.15, -0.1) is 0 Å². The summed E-state index contributed by atoms with van der Waals surface area (Å²) >= 11 is 0. The van der Waals surface area contributed by atoms with Crippen LogP contribution in [0.4, 0.5) is 0 Å². The SMILES string of the molecule is Cc1ccc(S(=O)(=O)NCC2(CNS(=O)(=O)c3ccc(C)cc3)CNCCO2)cc1. The molecule has 1 aliphatic rings. The molecule has 0 aliphatic carbocycles. The van der Waals surface area contributed by atoms with Crippen LogP contribution in [0, 0.1) is 13.8 Å². The van der Waals surface area contributed by atoms with Crippen molar-refractivity contribution in [1.29, 1.82) is 0 Å². The minimum atomic E-state index is -3.76. The topological polar surface area (TPSA) is 114 Å². The molecule has 2 aromatic rings. The van der Waals surface area contributed by atoms with Crippen LogP contribution < -0.4 is 14.8 Å². The number of benzene rings is 2. The van der Waals surface area contributed by atoms with Gasteiger partial charge in [-0.25, -0.2) is 26.3 Å². The lowest BCUT2D eigenvalue weighted by molar-refractivity contribution is -0.0565. The smallest absolute Gasteiger partial charge is 0.240 e. The van der Waals surface area contributed by atoms with Crippen molar-refractivity contribution in [3.05, 3.63) is 59.7 Å². The fourth-order valence-electron chi connectivity index (χ4n) is 3.05. The van der Waals surface area contributed by atoms with Crippen LogP contribution in [0.25, 0.3) is 0 Å². The number of hydrogen-bond donors (Lipinski definition) is 3. The number of ether oxygens (including phenoxy) is 1. The minimum absolute atomic E-state index is 0.0768. The van der Waals surface area contributed by atoms with E-state index in [9.17, 15) is 16.8 Å². The molecule has 1 aliphatic heterocycles. The molecule has 1 heterocycles. The largest absolute Gasteiger partial charge is 0.370 e. The van der Waals surface area contributed by atoms with Gasteiger partial charge in [-0.2, -0.15) is 0 Å². The summed E-state index contributed by atoms with van der Waals surface area (Å²) in [4.78, 5) is 0.291. The first-order chi connectivity index (χ1) is 14.1. The zero-order chi connectivity index (χ0) is 21.8. The third-order valence-electron chi connectivity index (χ3n) is 4.97. The van der Waals surface area contributed by atoms with E-state index in [1.807, 2.05) is 13.8 Å². The first-order valence-corrected chi connectivity index (χ1v) is 12.6. The van der Waals surface area contributed by atoms with Crippen LogP contribution in [0.1, 0.15) is 11.1 Å². The molecule has 164 valence electrons. The van der Waals surface area contributed by atoms with E-state index in [1.54, 1.807) is 24.3 Å². The lowest BCUT2D eigenvalue weighted by atomic mass is 10.0. The van der Waals surface area contributed by atoms with Crippen molar-refractivity contribution in [2.24, 2.45) is 0 Å². The van der Waals surface area contributed by atoms with Crippen molar-refractivity contribution in [2.45, 2.75) is 29.2 Å². The minimum Gasteiger partial charge on any atom is -0.370 e. The predicted octanol–water partition coefficient (Wildman–Crippen LogP) is 0.919. The van der Waals surface area contributed by atoms with Gasteiger partial charge in [0.25, 0.3) is 0 Å². The Labute approximate surface area is 178 Å². The standard InChI is InChI=1S/C20H27N3O5S2/c1-16-3-7-18(8-4-16)29(24,25)22-14-20(13-21-11-12-28-20)15-23-30(26,27)19-9-5-17(2)6-10-19/h3-10,21-23H,11-15H2,1-2H3. The van der Waals surface area contributed by atoms with Crippen LogP contribution in [0.3, 0.4) is 0 Å². The fourth-order valence-corrected chi connectivity index (χ4v) is 5.28. The summed E-state index contributed by atoms with van der Waals surface area (Å²) in [5.41, 5.74) is 0.861. The Morgan fingerprint density at radius 2 is 1.27 bits per heavy atom. The van der Waals surface area contributed by atoms with Crippen molar-refractivity contribution in [3.8, 4) is 0 Å². The fraction of sp³-hybridized carbons (Fsp3) is 0.400.